The summed E-state index contributed by atoms with van der Waals surface area (Å²) in [7, 11) is -1.65. The molecule has 0 saturated carbocycles. The maximum Gasteiger partial charge on any atom is 0.330 e. The van der Waals surface area contributed by atoms with E-state index in [1.807, 2.05) is 0 Å². The van der Waals surface area contributed by atoms with Crippen LogP contribution >= 0.6 is 18.3 Å². The molecule has 0 saturated heterocycles. The van der Waals surface area contributed by atoms with Gasteiger partial charge in [0.25, 0.3) is 0 Å². The molecule has 0 aromatic rings. The van der Waals surface area contributed by atoms with E-state index < -0.39 is 16.6 Å². The van der Waals surface area contributed by atoms with Crippen LogP contribution in [0, 0.1) is 0 Å². The fourth-order valence-corrected chi connectivity index (χ4v) is 3.69. The lowest BCUT2D eigenvalue weighted by Gasteiger charge is -2.16. The molecule has 0 amide bonds. The van der Waals surface area contributed by atoms with Gasteiger partial charge in [-0.3, -0.25) is 4.57 Å². The van der Waals surface area contributed by atoms with Gasteiger partial charge in [-0.25, -0.2) is 8.42 Å². The highest BCUT2D eigenvalue weighted by Crippen LogP contribution is 2.48. The maximum absolute atomic E-state index is 11.8. The van der Waals surface area contributed by atoms with Crippen LogP contribution < -0.4 is 0 Å². The summed E-state index contributed by atoms with van der Waals surface area (Å²) in [5.74, 6) is -0.224. The van der Waals surface area contributed by atoms with Crippen molar-refractivity contribution >= 4 is 27.3 Å². The van der Waals surface area contributed by atoms with Crippen LogP contribution in [0.1, 0.15) is 20.3 Å². The SMILES string of the molecule is CCOP(=O)(CCCS(=O)(=O)Cl)OCC. The van der Waals surface area contributed by atoms with E-state index in [0.717, 1.165) is 0 Å². The third-order valence-electron chi connectivity index (χ3n) is 1.47. The minimum absolute atomic E-state index is 0.0701. The third-order valence-corrected chi connectivity index (χ3v) is 4.88. The van der Waals surface area contributed by atoms with E-state index >= 15 is 0 Å². The number of hydrogen-bond acceptors (Lipinski definition) is 5. The first-order chi connectivity index (χ1) is 6.83. The van der Waals surface area contributed by atoms with E-state index in [4.69, 9.17) is 19.7 Å². The molecule has 0 spiro atoms. The quantitative estimate of drug-likeness (QED) is 0.503. The Labute approximate surface area is 95.1 Å². The number of halogens is 1. The molecule has 0 atom stereocenters. The molecular formula is C7H16ClO5PS. The predicted molar refractivity (Wildman–Crippen MR) is 60.0 cm³/mol. The zero-order chi connectivity index (χ0) is 11.9. The van der Waals surface area contributed by atoms with Gasteiger partial charge in [-0.1, -0.05) is 0 Å². The van der Waals surface area contributed by atoms with Crippen molar-refractivity contribution in [2.45, 2.75) is 20.3 Å². The van der Waals surface area contributed by atoms with Gasteiger partial charge in [0, 0.05) is 10.7 Å². The topological polar surface area (TPSA) is 69.7 Å². The summed E-state index contributed by atoms with van der Waals surface area (Å²) in [4.78, 5) is 0. The van der Waals surface area contributed by atoms with Gasteiger partial charge in [-0.15, -0.1) is 0 Å². The zero-order valence-corrected chi connectivity index (χ0v) is 11.3. The molecule has 0 heterocycles. The fourth-order valence-electron chi connectivity index (χ4n) is 0.990. The maximum atomic E-state index is 11.8. The monoisotopic (exact) mass is 278 g/mol. The molecule has 0 rings (SSSR count). The van der Waals surface area contributed by atoms with Crippen LogP contribution in [-0.2, 0) is 22.7 Å². The van der Waals surface area contributed by atoms with E-state index in [0.29, 0.717) is 0 Å². The Balaban J connectivity index is 4.13. The minimum Gasteiger partial charge on any atom is -0.309 e. The van der Waals surface area contributed by atoms with Gasteiger partial charge < -0.3 is 9.05 Å². The standard InChI is InChI=1S/C7H16ClO5PS/c1-3-12-14(9,13-4-2)6-5-7-15(8,10)11/h3-7H2,1-2H3. The largest absolute Gasteiger partial charge is 0.330 e. The van der Waals surface area contributed by atoms with Crippen LogP contribution in [0.4, 0.5) is 0 Å². The number of hydrogen-bond donors (Lipinski definition) is 0. The van der Waals surface area contributed by atoms with E-state index in [2.05, 4.69) is 0 Å². The lowest BCUT2D eigenvalue weighted by atomic mass is 10.6. The summed E-state index contributed by atoms with van der Waals surface area (Å²) in [5.41, 5.74) is 0. The summed E-state index contributed by atoms with van der Waals surface area (Å²) in [6.45, 7) is 3.93. The molecule has 8 heteroatoms. The van der Waals surface area contributed by atoms with E-state index in [9.17, 15) is 13.0 Å². The molecule has 5 nitrogen and oxygen atoms in total. The molecule has 92 valence electrons. The van der Waals surface area contributed by atoms with Gasteiger partial charge in [0.15, 0.2) is 0 Å². The molecule has 0 aliphatic carbocycles. The van der Waals surface area contributed by atoms with Crippen molar-refractivity contribution in [2.24, 2.45) is 0 Å². The second-order valence-corrected chi connectivity index (χ2v) is 7.85. The van der Waals surface area contributed by atoms with Crippen LogP contribution in [0.25, 0.3) is 0 Å². The van der Waals surface area contributed by atoms with Gasteiger partial charge >= 0.3 is 7.60 Å². The molecule has 15 heavy (non-hydrogen) atoms. The first-order valence-electron chi connectivity index (χ1n) is 4.63. The van der Waals surface area contributed by atoms with E-state index in [-0.39, 0.29) is 31.5 Å². The van der Waals surface area contributed by atoms with Crippen LogP contribution in [0.3, 0.4) is 0 Å². The first-order valence-corrected chi connectivity index (χ1v) is 8.84. The summed E-state index contributed by atoms with van der Waals surface area (Å²) in [6.07, 6.45) is 0.240. The van der Waals surface area contributed by atoms with E-state index in [1.165, 1.54) is 0 Å². The average Bonchev–Trinajstić information content (AvgIpc) is 2.01. The number of rotatable bonds is 8. The smallest absolute Gasteiger partial charge is 0.309 e. The van der Waals surface area contributed by atoms with Crippen molar-refractivity contribution in [1.29, 1.82) is 0 Å². The molecule has 0 radical (unpaired) electrons. The van der Waals surface area contributed by atoms with Crippen LogP contribution in [-0.4, -0.2) is 33.5 Å². The lowest BCUT2D eigenvalue weighted by molar-refractivity contribution is 0.220. The summed E-state index contributed by atoms with van der Waals surface area (Å²) < 4.78 is 43.0. The molecule has 0 aromatic carbocycles. The second-order valence-electron chi connectivity index (χ2n) is 2.77. The van der Waals surface area contributed by atoms with Crippen molar-refractivity contribution in [3.63, 3.8) is 0 Å². The van der Waals surface area contributed by atoms with Crippen LogP contribution in [0.15, 0.2) is 0 Å². The summed E-state index contributed by atoms with van der Waals surface area (Å²) in [6, 6.07) is 0. The Morgan fingerprint density at radius 3 is 2.00 bits per heavy atom. The molecule has 0 N–H and O–H groups in total. The Morgan fingerprint density at radius 1 is 1.20 bits per heavy atom. The second kappa shape index (κ2) is 6.86. The Hall–Kier alpha value is 0.390. The van der Waals surface area contributed by atoms with Crippen LogP contribution in [0.2, 0.25) is 0 Å². The third kappa shape index (κ3) is 8.22. The van der Waals surface area contributed by atoms with Gasteiger partial charge in [0.2, 0.25) is 9.05 Å². The van der Waals surface area contributed by atoms with Gasteiger partial charge in [-0.05, 0) is 20.3 Å². The highest BCUT2D eigenvalue weighted by Gasteiger charge is 2.23. The van der Waals surface area contributed by atoms with E-state index in [1.54, 1.807) is 13.8 Å². The minimum atomic E-state index is -3.54. The predicted octanol–water partition coefficient (Wildman–Crippen LogP) is 2.21. The van der Waals surface area contributed by atoms with Crippen molar-refractivity contribution in [1.82, 2.24) is 0 Å². The van der Waals surface area contributed by atoms with Crippen molar-refractivity contribution < 1.29 is 22.0 Å². The highest BCUT2D eigenvalue weighted by atomic mass is 35.7. The lowest BCUT2D eigenvalue weighted by Crippen LogP contribution is -2.04. The zero-order valence-electron chi connectivity index (χ0n) is 8.81. The van der Waals surface area contributed by atoms with Gasteiger partial charge in [-0.2, -0.15) is 0 Å². The summed E-state index contributed by atoms with van der Waals surface area (Å²) >= 11 is 0. The Bertz CT molecular complexity index is 305. The molecular weight excluding hydrogens is 263 g/mol. The van der Waals surface area contributed by atoms with Crippen molar-refractivity contribution in [3.8, 4) is 0 Å². The normalized spacial score (nSPS) is 13.0. The Morgan fingerprint density at radius 2 is 1.67 bits per heavy atom. The average molecular weight is 279 g/mol. The van der Waals surface area contributed by atoms with Crippen molar-refractivity contribution in [2.75, 3.05) is 25.1 Å². The first kappa shape index (κ1) is 15.4. The van der Waals surface area contributed by atoms with Crippen LogP contribution in [0.5, 0.6) is 0 Å². The molecule has 0 aliphatic rings. The summed E-state index contributed by atoms with van der Waals surface area (Å²) in [5, 5.41) is 0. The molecule has 0 unspecified atom stereocenters. The van der Waals surface area contributed by atoms with Gasteiger partial charge in [0.1, 0.15) is 0 Å². The van der Waals surface area contributed by atoms with Gasteiger partial charge in [0.05, 0.1) is 25.1 Å². The fraction of sp³-hybridized carbons (Fsp3) is 1.00. The van der Waals surface area contributed by atoms with Crippen molar-refractivity contribution in [3.05, 3.63) is 0 Å². The molecule has 0 aromatic heterocycles. The Kier molecular flexibility index (Phi) is 7.04. The molecule has 0 bridgehead atoms. The highest BCUT2D eigenvalue weighted by molar-refractivity contribution is 8.13. The molecule has 0 fully saturated rings. The molecule has 0 aliphatic heterocycles.